The van der Waals surface area contributed by atoms with Gasteiger partial charge in [-0.25, -0.2) is 0 Å². The van der Waals surface area contributed by atoms with Crippen molar-refractivity contribution in [2.24, 2.45) is 5.92 Å². The van der Waals surface area contributed by atoms with Gasteiger partial charge in [0.05, 0.1) is 12.2 Å². The van der Waals surface area contributed by atoms with E-state index < -0.39 is 0 Å². The molecule has 2 heterocycles. The molecule has 26 heavy (non-hydrogen) atoms. The number of amides is 1. The van der Waals surface area contributed by atoms with Crippen LogP contribution in [0.1, 0.15) is 28.8 Å². The molecule has 4 nitrogen and oxygen atoms in total. The van der Waals surface area contributed by atoms with Crippen molar-refractivity contribution in [1.82, 2.24) is 9.88 Å². The van der Waals surface area contributed by atoms with Gasteiger partial charge in [-0.2, -0.15) is 0 Å². The van der Waals surface area contributed by atoms with Gasteiger partial charge in [0.25, 0.3) is 5.91 Å². The lowest BCUT2D eigenvalue weighted by Gasteiger charge is -2.31. The number of nitrogens with zero attached hydrogens (tertiary/aromatic N) is 1. The summed E-state index contributed by atoms with van der Waals surface area (Å²) in [6, 6.07) is 18.2. The molecule has 4 heteroatoms. The Kier molecular flexibility index (Phi) is 5.02. The molecule has 0 saturated carbocycles. The van der Waals surface area contributed by atoms with E-state index in [1.807, 2.05) is 53.6 Å². The Bertz CT molecular complexity index is 864. The third kappa shape index (κ3) is 3.65. The SMILES string of the molecule is O=C(c1c[nH]c2ccccc12)N1CCC(COCc2ccccc2)CC1. The van der Waals surface area contributed by atoms with E-state index in [2.05, 4.69) is 17.1 Å². The molecule has 1 amide bonds. The Morgan fingerprint density at radius 3 is 2.58 bits per heavy atom. The number of ether oxygens (including phenoxy) is 1. The van der Waals surface area contributed by atoms with E-state index in [4.69, 9.17) is 4.74 Å². The van der Waals surface area contributed by atoms with Crippen molar-refractivity contribution < 1.29 is 9.53 Å². The van der Waals surface area contributed by atoms with Crippen molar-refractivity contribution in [3.8, 4) is 0 Å². The van der Waals surface area contributed by atoms with E-state index in [0.29, 0.717) is 12.5 Å². The number of H-pyrrole nitrogens is 1. The lowest BCUT2D eigenvalue weighted by Crippen LogP contribution is -2.39. The summed E-state index contributed by atoms with van der Waals surface area (Å²) in [5.74, 6) is 0.664. The summed E-state index contributed by atoms with van der Waals surface area (Å²) in [6.45, 7) is 3.04. The maximum absolute atomic E-state index is 12.9. The number of piperidine rings is 1. The number of carbonyl (C=O) groups is 1. The minimum Gasteiger partial charge on any atom is -0.376 e. The van der Waals surface area contributed by atoms with Crippen LogP contribution in [0.15, 0.2) is 60.8 Å². The molecule has 0 aliphatic carbocycles. The van der Waals surface area contributed by atoms with Crippen LogP contribution in [0.4, 0.5) is 0 Å². The second-order valence-electron chi connectivity index (χ2n) is 6.98. The number of carbonyl (C=O) groups excluding carboxylic acids is 1. The fourth-order valence-corrected chi connectivity index (χ4v) is 3.64. The van der Waals surface area contributed by atoms with E-state index in [0.717, 1.165) is 49.0 Å². The Labute approximate surface area is 153 Å². The molecule has 1 N–H and O–H groups in total. The third-order valence-electron chi connectivity index (χ3n) is 5.19. The molecule has 1 aliphatic heterocycles. The molecule has 1 saturated heterocycles. The van der Waals surface area contributed by atoms with Gasteiger partial charge in [0.15, 0.2) is 0 Å². The molecule has 0 spiro atoms. The molecule has 0 atom stereocenters. The number of likely N-dealkylation sites (tertiary alicyclic amines) is 1. The van der Waals surface area contributed by atoms with E-state index in [-0.39, 0.29) is 5.91 Å². The van der Waals surface area contributed by atoms with Gasteiger partial charge < -0.3 is 14.6 Å². The highest BCUT2D eigenvalue weighted by molar-refractivity contribution is 6.06. The van der Waals surface area contributed by atoms with Crippen LogP contribution in [0.5, 0.6) is 0 Å². The zero-order chi connectivity index (χ0) is 17.8. The number of aromatic nitrogens is 1. The average molecular weight is 348 g/mol. The predicted octanol–water partition coefficient (Wildman–Crippen LogP) is 4.24. The molecule has 1 aliphatic rings. The number of rotatable bonds is 5. The quantitative estimate of drug-likeness (QED) is 0.750. The fraction of sp³-hybridized carbons (Fsp3) is 0.318. The summed E-state index contributed by atoms with van der Waals surface area (Å²) in [5, 5.41) is 1.01. The van der Waals surface area contributed by atoms with Gasteiger partial charge in [0.1, 0.15) is 0 Å². The molecular weight excluding hydrogens is 324 g/mol. The smallest absolute Gasteiger partial charge is 0.256 e. The van der Waals surface area contributed by atoms with E-state index >= 15 is 0 Å². The molecule has 0 unspecified atom stereocenters. The zero-order valence-electron chi connectivity index (χ0n) is 14.9. The van der Waals surface area contributed by atoms with Gasteiger partial charge in [-0.15, -0.1) is 0 Å². The summed E-state index contributed by atoms with van der Waals surface area (Å²) in [4.78, 5) is 18.0. The van der Waals surface area contributed by atoms with Gasteiger partial charge >= 0.3 is 0 Å². The maximum atomic E-state index is 12.9. The first kappa shape index (κ1) is 16.9. The summed E-state index contributed by atoms with van der Waals surface area (Å²) in [5.41, 5.74) is 3.00. The molecule has 1 fully saturated rings. The van der Waals surface area contributed by atoms with Crippen molar-refractivity contribution in [3.05, 3.63) is 71.9 Å². The Morgan fingerprint density at radius 1 is 1.04 bits per heavy atom. The topological polar surface area (TPSA) is 45.3 Å². The van der Waals surface area contributed by atoms with Gasteiger partial charge in [-0.05, 0) is 30.4 Å². The van der Waals surface area contributed by atoms with E-state index in [1.165, 1.54) is 5.56 Å². The largest absolute Gasteiger partial charge is 0.376 e. The van der Waals surface area contributed by atoms with Crippen LogP contribution in [-0.4, -0.2) is 35.5 Å². The predicted molar refractivity (Wildman–Crippen MR) is 103 cm³/mol. The number of hydrogen-bond donors (Lipinski definition) is 1. The van der Waals surface area contributed by atoms with Crippen LogP contribution in [0, 0.1) is 5.92 Å². The Balaban J connectivity index is 1.28. The zero-order valence-corrected chi connectivity index (χ0v) is 14.9. The van der Waals surface area contributed by atoms with Crippen molar-refractivity contribution in [3.63, 3.8) is 0 Å². The highest BCUT2D eigenvalue weighted by atomic mass is 16.5. The molecule has 4 rings (SSSR count). The average Bonchev–Trinajstić information content (AvgIpc) is 3.13. The van der Waals surface area contributed by atoms with Crippen LogP contribution >= 0.6 is 0 Å². The second kappa shape index (κ2) is 7.75. The third-order valence-corrected chi connectivity index (χ3v) is 5.19. The molecule has 3 aromatic rings. The number of fused-ring (bicyclic) bond motifs is 1. The van der Waals surface area contributed by atoms with Gasteiger partial charge in [-0.1, -0.05) is 48.5 Å². The fourth-order valence-electron chi connectivity index (χ4n) is 3.64. The highest BCUT2D eigenvalue weighted by Crippen LogP contribution is 2.23. The first-order valence-electron chi connectivity index (χ1n) is 9.28. The number of para-hydroxylation sites is 1. The molecule has 0 bridgehead atoms. The lowest BCUT2D eigenvalue weighted by atomic mass is 9.97. The standard InChI is InChI=1S/C22H24N2O2/c25-22(20-14-23-21-9-5-4-8-19(20)21)24-12-10-18(11-13-24)16-26-15-17-6-2-1-3-7-17/h1-9,14,18,23H,10-13,15-16H2. The van der Waals surface area contributed by atoms with Crippen LogP contribution in [0.3, 0.4) is 0 Å². The summed E-state index contributed by atoms with van der Waals surface area (Å²) in [6.07, 6.45) is 3.84. The van der Waals surface area contributed by atoms with E-state index in [9.17, 15) is 4.79 Å². The van der Waals surface area contributed by atoms with Crippen molar-refractivity contribution >= 4 is 16.8 Å². The summed E-state index contributed by atoms with van der Waals surface area (Å²) in [7, 11) is 0. The van der Waals surface area contributed by atoms with Crippen LogP contribution in [0.2, 0.25) is 0 Å². The van der Waals surface area contributed by atoms with E-state index in [1.54, 1.807) is 0 Å². The lowest BCUT2D eigenvalue weighted by molar-refractivity contribution is 0.0479. The summed E-state index contributed by atoms with van der Waals surface area (Å²) >= 11 is 0. The van der Waals surface area contributed by atoms with Crippen LogP contribution < -0.4 is 0 Å². The highest BCUT2D eigenvalue weighted by Gasteiger charge is 2.25. The monoisotopic (exact) mass is 348 g/mol. The molecule has 0 radical (unpaired) electrons. The first-order valence-corrected chi connectivity index (χ1v) is 9.28. The van der Waals surface area contributed by atoms with Crippen LogP contribution in [-0.2, 0) is 11.3 Å². The molecule has 2 aromatic carbocycles. The minimum atomic E-state index is 0.131. The number of hydrogen-bond acceptors (Lipinski definition) is 2. The van der Waals surface area contributed by atoms with Gasteiger partial charge in [0.2, 0.25) is 0 Å². The van der Waals surface area contributed by atoms with Crippen LogP contribution in [0.25, 0.3) is 10.9 Å². The van der Waals surface area contributed by atoms with Gasteiger partial charge in [-0.3, -0.25) is 4.79 Å². The number of aromatic amines is 1. The van der Waals surface area contributed by atoms with Crippen molar-refractivity contribution in [2.75, 3.05) is 19.7 Å². The first-order chi connectivity index (χ1) is 12.8. The van der Waals surface area contributed by atoms with Crippen molar-refractivity contribution in [1.29, 1.82) is 0 Å². The normalized spacial score (nSPS) is 15.5. The minimum absolute atomic E-state index is 0.131. The number of nitrogens with one attached hydrogen (secondary N) is 1. The Morgan fingerprint density at radius 2 is 1.77 bits per heavy atom. The Hall–Kier alpha value is -2.59. The second-order valence-corrected chi connectivity index (χ2v) is 6.98. The maximum Gasteiger partial charge on any atom is 0.256 e. The summed E-state index contributed by atoms with van der Waals surface area (Å²) < 4.78 is 5.88. The number of benzene rings is 2. The van der Waals surface area contributed by atoms with Gasteiger partial charge in [0, 0.05) is 36.8 Å². The molecule has 134 valence electrons. The molecular formula is C22H24N2O2. The van der Waals surface area contributed by atoms with Crippen molar-refractivity contribution in [2.45, 2.75) is 19.4 Å². The molecule has 1 aromatic heterocycles.